The molecule has 0 saturated heterocycles. The molecule has 0 heterocycles. The van der Waals surface area contributed by atoms with Gasteiger partial charge in [0.2, 0.25) is 0 Å². The summed E-state index contributed by atoms with van der Waals surface area (Å²) in [7, 11) is 0. The monoisotopic (exact) mass is 201 g/mol. The molecule has 80 valence electrons. The van der Waals surface area contributed by atoms with Crippen molar-refractivity contribution in [2.45, 2.75) is 27.2 Å². The molecule has 0 unspecified atom stereocenters. The van der Waals surface area contributed by atoms with Crippen molar-refractivity contribution in [1.82, 2.24) is 0 Å². The van der Waals surface area contributed by atoms with Crippen molar-refractivity contribution in [2.75, 3.05) is 0 Å². The number of hydrogen-bond acceptors (Lipinski definition) is 1. The van der Waals surface area contributed by atoms with Gasteiger partial charge < -0.3 is 5.73 Å². The van der Waals surface area contributed by atoms with Crippen LogP contribution in [-0.2, 0) is 6.42 Å². The minimum absolute atomic E-state index is 0.899. The Labute approximate surface area is 92.3 Å². The first-order chi connectivity index (χ1) is 7.33. The van der Waals surface area contributed by atoms with Crippen LogP contribution in [0, 0.1) is 0 Å². The van der Waals surface area contributed by atoms with E-state index in [2.05, 4.69) is 30.3 Å². The van der Waals surface area contributed by atoms with Crippen molar-refractivity contribution in [3.8, 4) is 0 Å². The van der Waals surface area contributed by atoms with Crippen LogP contribution in [0.5, 0.6) is 0 Å². The van der Waals surface area contributed by atoms with Crippen molar-refractivity contribution >= 4 is 5.57 Å². The lowest BCUT2D eigenvalue weighted by Gasteiger charge is -1.99. The van der Waals surface area contributed by atoms with Crippen LogP contribution >= 0.6 is 0 Å². The molecular formula is C14H19N. The molecule has 0 aromatic heterocycles. The van der Waals surface area contributed by atoms with Crippen LogP contribution in [0.2, 0.25) is 0 Å². The highest BCUT2D eigenvalue weighted by molar-refractivity contribution is 5.82. The van der Waals surface area contributed by atoms with Crippen LogP contribution in [-0.4, -0.2) is 0 Å². The fourth-order valence-corrected chi connectivity index (χ4v) is 1.77. The van der Waals surface area contributed by atoms with E-state index >= 15 is 0 Å². The molecule has 1 aliphatic rings. The summed E-state index contributed by atoms with van der Waals surface area (Å²) in [5, 5.41) is 0. The molecule has 1 heteroatoms. The molecule has 2 N–H and O–H groups in total. The van der Waals surface area contributed by atoms with Crippen molar-refractivity contribution in [3.05, 3.63) is 53.2 Å². The van der Waals surface area contributed by atoms with E-state index in [1.807, 2.05) is 26.8 Å². The van der Waals surface area contributed by atoms with Crippen molar-refractivity contribution in [1.29, 1.82) is 0 Å². The Morgan fingerprint density at radius 1 is 1.20 bits per heavy atom. The van der Waals surface area contributed by atoms with E-state index in [1.165, 1.54) is 16.7 Å². The van der Waals surface area contributed by atoms with Crippen LogP contribution in [0.15, 0.2) is 42.1 Å². The van der Waals surface area contributed by atoms with E-state index in [4.69, 9.17) is 5.73 Å². The SMILES string of the molecule is C/C=C\C1=C(N)Cc2ccccc21.CC. The first-order valence-electron chi connectivity index (χ1n) is 5.52. The highest BCUT2D eigenvalue weighted by Crippen LogP contribution is 2.30. The summed E-state index contributed by atoms with van der Waals surface area (Å²) in [4.78, 5) is 0. The van der Waals surface area contributed by atoms with Gasteiger partial charge in [0, 0.05) is 17.7 Å². The Kier molecular flexibility index (Phi) is 4.17. The zero-order chi connectivity index (χ0) is 11.3. The van der Waals surface area contributed by atoms with Gasteiger partial charge in [0.15, 0.2) is 0 Å². The second-order valence-electron chi connectivity index (χ2n) is 3.27. The Hall–Kier alpha value is -1.50. The molecule has 0 aliphatic heterocycles. The quantitative estimate of drug-likeness (QED) is 0.739. The molecule has 0 fully saturated rings. The summed E-state index contributed by atoms with van der Waals surface area (Å²) in [6, 6.07) is 8.38. The fourth-order valence-electron chi connectivity index (χ4n) is 1.77. The largest absolute Gasteiger partial charge is 0.401 e. The van der Waals surface area contributed by atoms with Gasteiger partial charge in [-0.2, -0.15) is 0 Å². The summed E-state index contributed by atoms with van der Waals surface area (Å²) in [5.74, 6) is 0. The Morgan fingerprint density at radius 2 is 1.87 bits per heavy atom. The minimum atomic E-state index is 0.899. The fraction of sp³-hybridized carbons (Fsp3) is 0.286. The lowest BCUT2D eigenvalue weighted by molar-refractivity contribution is 1.16. The van der Waals surface area contributed by atoms with E-state index in [0.717, 1.165) is 12.1 Å². The average Bonchev–Trinajstić information content (AvgIpc) is 2.59. The van der Waals surface area contributed by atoms with E-state index < -0.39 is 0 Å². The minimum Gasteiger partial charge on any atom is -0.401 e. The molecule has 0 atom stereocenters. The van der Waals surface area contributed by atoms with Crippen LogP contribution in [0.25, 0.3) is 5.57 Å². The molecule has 1 nitrogen and oxygen atoms in total. The lowest BCUT2D eigenvalue weighted by atomic mass is 10.1. The summed E-state index contributed by atoms with van der Waals surface area (Å²) < 4.78 is 0. The van der Waals surface area contributed by atoms with Crippen molar-refractivity contribution in [3.63, 3.8) is 0 Å². The third-order valence-corrected chi connectivity index (χ3v) is 2.37. The first kappa shape index (κ1) is 11.6. The maximum absolute atomic E-state index is 5.94. The second-order valence-corrected chi connectivity index (χ2v) is 3.27. The molecule has 1 aromatic rings. The van der Waals surface area contributed by atoms with E-state index in [-0.39, 0.29) is 0 Å². The van der Waals surface area contributed by atoms with Gasteiger partial charge in [0.1, 0.15) is 0 Å². The summed E-state index contributed by atoms with van der Waals surface area (Å²) in [6.07, 6.45) is 5.02. The maximum atomic E-state index is 5.94. The Bertz CT molecular complexity index is 386. The van der Waals surface area contributed by atoms with E-state index in [9.17, 15) is 0 Å². The molecule has 0 saturated carbocycles. The molecule has 1 aromatic carbocycles. The second kappa shape index (κ2) is 5.40. The Balaban J connectivity index is 0.000000531. The van der Waals surface area contributed by atoms with Gasteiger partial charge in [-0.15, -0.1) is 0 Å². The van der Waals surface area contributed by atoms with Gasteiger partial charge in [-0.3, -0.25) is 0 Å². The van der Waals surface area contributed by atoms with Crippen LogP contribution < -0.4 is 5.73 Å². The highest BCUT2D eigenvalue weighted by Gasteiger charge is 2.15. The smallest absolute Gasteiger partial charge is 0.0205 e. The third-order valence-electron chi connectivity index (χ3n) is 2.37. The topological polar surface area (TPSA) is 26.0 Å². The van der Waals surface area contributed by atoms with Gasteiger partial charge in [-0.05, 0) is 18.1 Å². The molecule has 0 radical (unpaired) electrons. The summed E-state index contributed by atoms with van der Waals surface area (Å²) in [6.45, 7) is 6.02. The standard InChI is InChI=1S/C12H13N.C2H6/c1-2-5-11-10-7-4-3-6-9(10)8-12(11)13;1-2/h2-7H,8,13H2,1H3;1-2H3/b5-2-;. The third kappa shape index (κ3) is 2.30. The average molecular weight is 201 g/mol. The zero-order valence-corrected chi connectivity index (χ0v) is 9.75. The number of benzene rings is 1. The van der Waals surface area contributed by atoms with Crippen molar-refractivity contribution in [2.24, 2.45) is 5.73 Å². The molecule has 0 bridgehead atoms. The van der Waals surface area contributed by atoms with Gasteiger partial charge in [0.25, 0.3) is 0 Å². The van der Waals surface area contributed by atoms with Crippen LogP contribution in [0.1, 0.15) is 31.9 Å². The number of allylic oxidation sites excluding steroid dienone is 4. The summed E-state index contributed by atoms with van der Waals surface area (Å²) >= 11 is 0. The molecule has 1 aliphatic carbocycles. The first-order valence-corrected chi connectivity index (χ1v) is 5.52. The zero-order valence-electron chi connectivity index (χ0n) is 9.75. The van der Waals surface area contributed by atoms with Crippen LogP contribution in [0.4, 0.5) is 0 Å². The Morgan fingerprint density at radius 3 is 2.53 bits per heavy atom. The predicted octanol–water partition coefficient (Wildman–Crippen LogP) is 3.51. The maximum Gasteiger partial charge on any atom is 0.0205 e. The molecule has 0 amide bonds. The van der Waals surface area contributed by atoms with Gasteiger partial charge in [-0.1, -0.05) is 50.3 Å². The summed E-state index contributed by atoms with van der Waals surface area (Å²) in [5.41, 5.74) is 10.8. The molecular weight excluding hydrogens is 182 g/mol. The van der Waals surface area contributed by atoms with Gasteiger partial charge >= 0.3 is 0 Å². The van der Waals surface area contributed by atoms with Crippen LogP contribution in [0.3, 0.4) is 0 Å². The molecule has 15 heavy (non-hydrogen) atoms. The van der Waals surface area contributed by atoms with Crippen molar-refractivity contribution < 1.29 is 0 Å². The number of nitrogens with two attached hydrogens (primary N) is 1. The van der Waals surface area contributed by atoms with Gasteiger partial charge in [-0.25, -0.2) is 0 Å². The highest BCUT2D eigenvalue weighted by atomic mass is 14.6. The molecule has 0 spiro atoms. The van der Waals surface area contributed by atoms with Gasteiger partial charge in [0.05, 0.1) is 0 Å². The number of fused-ring (bicyclic) bond motifs is 1. The number of hydrogen-bond donors (Lipinski definition) is 1. The predicted molar refractivity (Wildman–Crippen MR) is 67.4 cm³/mol. The molecule has 2 rings (SSSR count). The van der Waals surface area contributed by atoms with E-state index in [1.54, 1.807) is 0 Å². The number of rotatable bonds is 1. The normalized spacial score (nSPS) is 13.8. The lowest BCUT2D eigenvalue weighted by Crippen LogP contribution is -1.96. The van der Waals surface area contributed by atoms with E-state index in [0.29, 0.717) is 0 Å².